The fourth-order valence-electron chi connectivity index (χ4n) is 1.89. The van der Waals surface area contributed by atoms with Gasteiger partial charge in [0.1, 0.15) is 18.5 Å². The molecule has 2 heteroatoms. The van der Waals surface area contributed by atoms with Gasteiger partial charge in [-0.15, -0.1) is 6.58 Å². The number of aliphatic hydroxyl groups excluding tert-OH is 1. The highest BCUT2D eigenvalue weighted by atomic mass is 16.5. The molecule has 2 rings (SSSR count). The summed E-state index contributed by atoms with van der Waals surface area (Å²) in [4.78, 5) is 0. The number of hydrogen-bond acceptors (Lipinski definition) is 2. The molecule has 0 aliphatic carbocycles. The molecule has 0 heterocycles. The second kappa shape index (κ2) is 6.21. The van der Waals surface area contributed by atoms with Gasteiger partial charge in [0.15, 0.2) is 0 Å². The van der Waals surface area contributed by atoms with E-state index < -0.39 is 6.10 Å². The topological polar surface area (TPSA) is 29.5 Å². The molecule has 19 heavy (non-hydrogen) atoms. The van der Waals surface area contributed by atoms with Crippen LogP contribution in [0.4, 0.5) is 0 Å². The van der Waals surface area contributed by atoms with Crippen molar-refractivity contribution in [2.75, 3.05) is 0 Å². The molecule has 0 aliphatic heterocycles. The highest BCUT2D eigenvalue weighted by molar-refractivity contribution is 5.40. The van der Waals surface area contributed by atoms with Gasteiger partial charge in [-0.05, 0) is 24.6 Å². The molecule has 0 amide bonds. The molecule has 1 atom stereocenters. The average molecular weight is 254 g/mol. The van der Waals surface area contributed by atoms with Crippen LogP contribution in [0.3, 0.4) is 0 Å². The maximum absolute atomic E-state index is 9.93. The van der Waals surface area contributed by atoms with Gasteiger partial charge < -0.3 is 9.84 Å². The van der Waals surface area contributed by atoms with Crippen molar-refractivity contribution >= 4 is 0 Å². The van der Waals surface area contributed by atoms with Gasteiger partial charge in [-0.2, -0.15) is 0 Å². The predicted molar refractivity (Wildman–Crippen MR) is 77.1 cm³/mol. The minimum absolute atomic E-state index is 0.487. The molecule has 0 fully saturated rings. The van der Waals surface area contributed by atoms with E-state index in [2.05, 4.69) is 6.58 Å². The van der Waals surface area contributed by atoms with Crippen molar-refractivity contribution in [1.82, 2.24) is 0 Å². The van der Waals surface area contributed by atoms with E-state index in [4.69, 9.17) is 4.74 Å². The third-order valence-corrected chi connectivity index (χ3v) is 2.94. The van der Waals surface area contributed by atoms with Crippen LogP contribution in [0.2, 0.25) is 0 Å². The largest absolute Gasteiger partial charge is 0.489 e. The van der Waals surface area contributed by atoms with E-state index in [1.807, 2.05) is 55.5 Å². The van der Waals surface area contributed by atoms with E-state index in [1.54, 1.807) is 0 Å². The van der Waals surface area contributed by atoms with E-state index in [-0.39, 0.29) is 0 Å². The molecule has 2 nitrogen and oxygen atoms in total. The molecule has 2 aromatic rings. The summed E-state index contributed by atoms with van der Waals surface area (Å²) in [5.41, 5.74) is 2.94. The fourth-order valence-corrected chi connectivity index (χ4v) is 1.89. The van der Waals surface area contributed by atoms with Crippen LogP contribution in [-0.4, -0.2) is 5.11 Å². The van der Waals surface area contributed by atoms with Crippen LogP contribution in [0.15, 0.2) is 61.2 Å². The number of aliphatic hydroxyl groups is 1. The zero-order chi connectivity index (χ0) is 13.7. The van der Waals surface area contributed by atoms with Gasteiger partial charge in [0, 0.05) is 5.56 Å². The number of aryl methyl sites for hydroxylation is 1. The Hall–Kier alpha value is -2.06. The quantitative estimate of drug-likeness (QED) is 0.822. The Morgan fingerprint density at radius 1 is 1.21 bits per heavy atom. The van der Waals surface area contributed by atoms with E-state index in [9.17, 15) is 5.11 Å². The van der Waals surface area contributed by atoms with Crippen LogP contribution < -0.4 is 4.74 Å². The van der Waals surface area contributed by atoms with Gasteiger partial charge in [-0.25, -0.2) is 0 Å². The first kappa shape index (κ1) is 13.4. The SMILES string of the molecule is C=CC(O)c1cc(C)ccc1OCc1ccccc1. The summed E-state index contributed by atoms with van der Waals surface area (Å²) >= 11 is 0. The summed E-state index contributed by atoms with van der Waals surface area (Å²) in [5.74, 6) is 0.696. The molecular weight excluding hydrogens is 236 g/mol. The minimum Gasteiger partial charge on any atom is -0.489 e. The molecule has 0 aromatic heterocycles. The number of rotatable bonds is 5. The summed E-state index contributed by atoms with van der Waals surface area (Å²) in [6, 6.07) is 15.7. The third-order valence-electron chi connectivity index (χ3n) is 2.94. The fraction of sp³-hybridized carbons (Fsp3) is 0.176. The van der Waals surface area contributed by atoms with Crippen molar-refractivity contribution < 1.29 is 9.84 Å². The summed E-state index contributed by atoms with van der Waals surface area (Å²) in [7, 11) is 0. The van der Waals surface area contributed by atoms with Crippen molar-refractivity contribution in [3.8, 4) is 5.75 Å². The first-order valence-corrected chi connectivity index (χ1v) is 6.28. The molecule has 0 radical (unpaired) electrons. The summed E-state index contributed by atoms with van der Waals surface area (Å²) in [5, 5.41) is 9.93. The van der Waals surface area contributed by atoms with Gasteiger partial charge in [-0.3, -0.25) is 0 Å². The monoisotopic (exact) mass is 254 g/mol. The zero-order valence-electron chi connectivity index (χ0n) is 11.0. The van der Waals surface area contributed by atoms with Crippen LogP contribution in [0.25, 0.3) is 0 Å². The lowest BCUT2D eigenvalue weighted by Crippen LogP contribution is -2.02. The highest BCUT2D eigenvalue weighted by Crippen LogP contribution is 2.27. The summed E-state index contributed by atoms with van der Waals surface area (Å²) in [6.45, 7) is 6.09. The Morgan fingerprint density at radius 3 is 2.63 bits per heavy atom. The molecule has 0 saturated heterocycles. The van der Waals surface area contributed by atoms with Crippen LogP contribution in [0.1, 0.15) is 22.8 Å². The average Bonchev–Trinajstić information content (AvgIpc) is 2.46. The van der Waals surface area contributed by atoms with Gasteiger partial charge >= 0.3 is 0 Å². The standard InChI is InChI=1S/C17H18O2/c1-3-16(18)15-11-13(2)9-10-17(15)19-12-14-7-5-4-6-8-14/h3-11,16,18H,1,12H2,2H3. The Labute approximate surface area is 114 Å². The molecule has 2 aromatic carbocycles. The Morgan fingerprint density at radius 2 is 1.95 bits per heavy atom. The van der Waals surface area contributed by atoms with Crippen molar-refractivity contribution in [2.45, 2.75) is 19.6 Å². The molecule has 0 bridgehead atoms. The predicted octanol–water partition coefficient (Wildman–Crippen LogP) is 3.79. The first-order chi connectivity index (χ1) is 9.20. The second-order valence-corrected chi connectivity index (χ2v) is 4.50. The lowest BCUT2D eigenvalue weighted by molar-refractivity contribution is 0.217. The molecule has 1 unspecified atom stereocenters. The van der Waals surface area contributed by atoms with Crippen molar-refractivity contribution in [3.63, 3.8) is 0 Å². The highest BCUT2D eigenvalue weighted by Gasteiger charge is 2.10. The lowest BCUT2D eigenvalue weighted by atomic mass is 10.1. The van der Waals surface area contributed by atoms with E-state index in [0.717, 1.165) is 16.7 Å². The summed E-state index contributed by atoms with van der Waals surface area (Å²) in [6.07, 6.45) is 0.801. The van der Waals surface area contributed by atoms with Gasteiger partial charge in [0.05, 0.1) is 0 Å². The first-order valence-electron chi connectivity index (χ1n) is 6.28. The van der Waals surface area contributed by atoms with Crippen LogP contribution in [0.5, 0.6) is 5.75 Å². The van der Waals surface area contributed by atoms with E-state index in [0.29, 0.717) is 12.4 Å². The van der Waals surface area contributed by atoms with Crippen LogP contribution >= 0.6 is 0 Å². The molecule has 0 aliphatic rings. The van der Waals surface area contributed by atoms with E-state index in [1.165, 1.54) is 6.08 Å². The van der Waals surface area contributed by atoms with Crippen LogP contribution in [-0.2, 0) is 6.61 Å². The van der Waals surface area contributed by atoms with Gasteiger partial charge in [-0.1, -0.05) is 48.0 Å². The Bertz CT molecular complexity index is 546. The smallest absolute Gasteiger partial charge is 0.125 e. The van der Waals surface area contributed by atoms with E-state index >= 15 is 0 Å². The second-order valence-electron chi connectivity index (χ2n) is 4.50. The molecular formula is C17H18O2. The lowest BCUT2D eigenvalue weighted by Gasteiger charge is -2.14. The van der Waals surface area contributed by atoms with Crippen molar-refractivity contribution in [2.24, 2.45) is 0 Å². The maximum atomic E-state index is 9.93. The third kappa shape index (κ3) is 3.46. The molecule has 0 spiro atoms. The Balaban J connectivity index is 2.18. The number of benzene rings is 2. The number of hydrogen-bond donors (Lipinski definition) is 1. The van der Waals surface area contributed by atoms with Crippen LogP contribution in [0, 0.1) is 6.92 Å². The van der Waals surface area contributed by atoms with Crippen molar-refractivity contribution in [3.05, 3.63) is 77.9 Å². The molecule has 1 N–H and O–H groups in total. The Kier molecular flexibility index (Phi) is 4.37. The van der Waals surface area contributed by atoms with Crippen molar-refractivity contribution in [1.29, 1.82) is 0 Å². The van der Waals surface area contributed by atoms with Gasteiger partial charge in [0.2, 0.25) is 0 Å². The zero-order valence-corrected chi connectivity index (χ0v) is 11.0. The molecule has 0 saturated carbocycles. The normalized spacial score (nSPS) is 11.9. The maximum Gasteiger partial charge on any atom is 0.125 e. The minimum atomic E-state index is -0.703. The number of ether oxygens (including phenoxy) is 1. The van der Waals surface area contributed by atoms with Gasteiger partial charge in [0.25, 0.3) is 0 Å². The summed E-state index contributed by atoms with van der Waals surface area (Å²) < 4.78 is 5.79. The molecule has 98 valence electrons.